The molecule has 1 saturated carbocycles. The maximum Gasteiger partial charge on any atom is 0.137 e. The molecule has 2 atom stereocenters. The van der Waals surface area contributed by atoms with Crippen LogP contribution in [0.5, 0.6) is 0 Å². The number of rotatable bonds is 5. The fourth-order valence-corrected chi connectivity index (χ4v) is 3.66. The molecule has 1 aromatic heterocycles. The third-order valence-electron chi connectivity index (χ3n) is 4.88. The number of nitrogens with zero attached hydrogens (tertiary/aromatic N) is 3. The van der Waals surface area contributed by atoms with Gasteiger partial charge < -0.3 is 10.2 Å². The summed E-state index contributed by atoms with van der Waals surface area (Å²) in [5, 5.41) is 3.49. The van der Waals surface area contributed by atoms with Crippen molar-refractivity contribution in [2.45, 2.75) is 65.3 Å². The summed E-state index contributed by atoms with van der Waals surface area (Å²) in [5.41, 5.74) is 1.22. The van der Waals surface area contributed by atoms with Gasteiger partial charge in [0.25, 0.3) is 0 Å². The molecule has 1 aliphatic heterocycles. The van der Waals surface area contributed by atoms with E-state index in [0.29, 0.717) is 12.0 Å². The average Bonchev–Trinajstić information content (AvgIpc) is 3.08. The zero-order valence-electron chi connectivity index (χ0n) is 13.8. The van der Waals surface area contributed by atoms with Crippen molar-refractivity contribution in [3.63, 3.8) is 0 Å². The Balaban J connectivity index is 1.95. The van der Waals surface area contributed by atoms with E-state index in [9.17, 15) is 0 Å². The Morgan fingerprint density at radius 3 is 2.67 bits per heavy atom. The average molecular weight is 288 g/mol. The molecule has 0 spiro atoms. The predicted molar refractivity (Wildman–Crippen MR) is 88.1 cm³/mol. The van der Waals surface area contributed by atoms with Crippen molar-refractivity contribution in [2.75, 3.05) is 23.3 Å². The maximum absolute atomic E-state index is 4.92. The van der Waals surface area contributed by atoms with Crippen molar-refractivity contribution in [1.29, 1.82) is 0 Å². The van der Waals surface area contributed by atoms with Gasteiger partial charge in [-0.2, -0.15) is 0 Å². The van der Waals surface area contributed by atoms with E-state index in [1.165, 1.54) is 37.2 Å². The van der Waals surface area contributed by atoms with Gasteiger partial charge >= 0.3 is 0 Å². The summed E-state index contributed by atoms with van der Waals surface area (Å²) in [6.07, 6.45) is 5.22. The summed E-state index contributed by atoms with van der Waals surface area (Å²) in [7, 11) is 0. The van der Waals surface area contributed by atoms with E-state index in [4.69, 9.17) is 9.97 Å². The summed E-state index contributed by atoms with van der Waals surface area (Å²) in [5.74, 6) is 4.44. The lowest BCUT2D eigenvalue weighted by Crippen LogP contribution is -2.33. The molecule has 2 fully saturated rings. The molecule has 0 aromatic carbocycles. The van der Waals surface area contributed by atoms with Crippen LogP contribution in [0.2, 0.25) is 0 Å². The second-order valence-electron chi connectivity index (χ2n) is 6.95. The van der Waals surface area contributed by atoms with Gasteiger partial charge in [-0.1, -0.05) is 20.8 Å². The van der Waals surface area contributed by atoms with Crippen molar-refractivity contribution >= 4 is 11.6 Å². The van der Waals surface area contributed by atoms with Gasteiger partial charge in [0.05, 0.1) is 0 Å². The Morgan fingerprint density at radius 1 is 1.29 bits per heavy atom. The largest absolute Gasteiger partial charge is 0.370 e. The third-order valence-corrected chi connectivity index (χ3v) is 4.88. The van der Waals surface area contributed by atoms with Crippen LogP contribution in [0, 0.1) is 12.8 Å². The fraction of sp³-hybridized carbons (Fsp3) is 0.765. The molecular weight excluding hydrogens is 260 g/mol. The van der Waals surface area contributed by atoms with Crippen LogP contribution in [-0.4, -0.2) is 29.1 Å². The first-order valence-corrected chi connectivity index (χ1v) is 8.49. The van der Waals surface area contributed by atoms with Gasteiger partial charge in [-0.3, -0.25) is 0 Å². The van der Waals surface area contributed by atoms with Gasteiger partial charge in [-0.25, -0.2) is 9.97 Å². The molecule has 116 valence electrons. The molecule has 21 heavy (non-hydrogen) atoms. The smallest absolute Gasteiger partial charge is 0.137 e. The first-order chi connectivity index (χ1) is 10.1. The highest BCUT2D eigenvalue weighted by molar-refractivity contribution is 5.60. The molecule has 1 aliphatic carbocycles. The quantitative estimate of drug-likeness (QED) is 0.896. The molecular formula is C17H28N4. The van der Waals surface area contributed by atoms with E-state index >= 15 is 0 Å². The number of anilines is 2. The number of fused-ring (bicyclic) bond motifs is 2. The van der Waals surface area contributed by atoms with E-state index in [1.807, 2.05) is 0 Å². The van der Waals surface area contributed by atoms with E-state index in [1.54, 1.807) is 0 Å². The van der Waals surface area contributed by atoms with Crippen LogP contribution in [0.15, 0.2) is 0 Å². The predicted octanol–water partition coefficient (Wildman–Crippen LogP) is 3.72. The van der Waals surface area contributed by atoms with Crippen LogP contribution < -0.4 is 10.2 Å². The van der Waals surface area contributed by atoms with Crippen LogP contribution >= 0.6 is 0 Å². The van der Waals surface area contributed by atoms with Crippen LogP contribution in [0.3, 0.4) is 0 Å². The summed E-state index contributed by atoms with van der Waals surface area (Å²) in [6, 6.07) is 0.711. The van der Waals surface area contributed by atoms with Gasteiger partial charge in [0.15, 0.2) is 0 Å². The molecule has 2 aliphatic rings. The number of nitrogens with one attached hydrogen (secondary N) is 1. The van der Waals surface area contributed by atoms with Crippen LogP contribution in [-0.2, 0) is 0 Å². The highest BCUT2D eigenvalue weighted by Gasteiger charge is 2.39. The van der Waals surface area contributed by atoms with Crippen molar-refractivity contribution in [1.82, 2.24) is 9.97 Å². The lowest BCUT2D eigenvalue weighted by molar-refractivity contribution is 0.548. The Kier molecular flexibility index (Phi) is 4.05. The molecule has 4 heteroatoms. The van der Waals surface area contributed by atoms with E-state index < -0.39 is 0 Å². The normalized spacial score (nSPS) is 24.1. The van der Waals surface area contributed by atoms with Crippen LogP contribution in [0.1, 0.15) is 63.8 Å². The molecule has 0 amide bonds. The Morgan fingerprint density at radius 2 is 2.10 bits per heavy atom. The molecule has 2 heterocycles. The zero-order chi connectivity index (χ0) is 15.0. The zero-order valence-corrected chi connectivity index (χ0v) is 13.8. The first kappa shape index (κ1) is 14.6. The first-order valence-electron chi connectivity index (χ1n) is 8.49. The van der Waals surface area contributed by atoms with Gasteiger partial charge in [0.1, 0.15) is 17.5 Å². The molecule has 0 radical (unpaired) electrons. The van der Waals surface area contributed by atoms with Gasteiger partial charge in [-0.15, -0.1) is 0 Å². The van der Waals surface area contributed by atoms with E-state index in [2.05, 4.69) is 37.9 Å². The summed E-state index contributed by atoms with van der Waals surface area (Å²) in [4.78, 5) is 12.2. The van der Waals surface area contributed by atoms with Crippen molar-refractivity contribution in [3.8, 4) is 0 Å². The minimum Gasteiger partial charge on any atom is -0.370 e. The SMILES string of the molecule is CCCNc1nc(C(C)C)nc(N2CC3CCC2C3)c1C. The summed E-state index contributed by atoms with van der Waals surface area (Å²) >= 11 is 0. The van der Waals surface area contributed by atoms with Crippen molar-refractivity contribution in [2.24, 2.45) is 5.92 Å². The number of hydrogen-bond acceptors (Lipinski definition) is 4. The monoisotopic (exact) mass is 288 g/mol. The Hall–Kier alpha value is -1.32. The fourth-order valence-electron chi connectivity index (χ4n) is 3.66. The van der Waals surface area contributed by atoms with Crippen LogP contribution in [0.25, 0.3) is 0 Å². The lowest BCUT2D eigenvalue weighted by atomic mass is 10.1. The van der Waals surface area contributed by atoms with Crippen molar-refractivity contribution < 1.29 is 0 Å². The maximum atomic E-state index is 4.92. The number of hydrogen-bond donors (Lipinski definition) is 1. The topological polar surface area (TPSA) is 41.1 Å². The minimum atomic E-state index is 0.367. The molecule has 1 saturated heterocycles. The molecule has 3 rings (SSSR count). The minimum absolute atomic E-state index is 0.367. The third kappa shape index (κ3) is 2.72. The molecule has 4 nitrogen and oxygen atoms in total. The Bertz CT molecular complexity index is 512. The Labute approximate surface area is 128 Å². The highest BCUT2D eigenvalue weighted by atomic mass is 15.3. The molecule has 1 aromatic rings. The van der Waals surface area contributed by atoms with Gasteiger partial charge in [0, 0.05) is 30.6 Å². The standard InChI is InChI=1S/C17H28N4/c1-5-8-18-16-12(4)17(20-15(19-16)11(2)3)21-10-13-6-7-14(21)9-13/h11,13-14H,5-10H2,1-4H3,(H,18,19,20). The van der Waals surface area contributed by atoms with E-state index in [0.717, 1.165) is 30.5 Å². The second-order valence-corrected chi connectivity index (χ2v) is 6.95. The van der Waals surface area contributed by atoms with E-state index in [-0.39, 0.29) is 0 Å². The van der Waals surface area contributed by atoms with Crippen LogP contribution in [0.4, 0.5) is 11.6 Å². The van der Waals surface area contributed by atoms with Crippen molar-refractivity contribution in [3.05, 3.63) is 11.4 Å². The molecule has 2 unspecified atom stereocenters. The molecule has 1 N–H and O–H groups in total. The lowest BCUT2D eigenvalue weighted by Gasteiger charge is -2.30. The van der Waals surface area contributed by atoms with Gasteiger partial charge in [0.2, 0.25) is 0 Å². The number of aromatic nitrogens is 2. The second kappa shape index (κ2) is 5.82. The highest BCUT2D eigenvalue weighted by Crippen LogP contribution is 2.41. The van der Waals surface area contributed by atoms with Gasteiger partial charge in [-0.05, 0) is 38.5 Å². The summed E-state index contributed by atoms with van der Waals surface area (Å²) < 4.78 is 0. The number of piperidine rings is 1. The molecule has 2 bridgehead atoms. The summed E-state index contributed by atoms with van der Waals surface area (Å²) in [6.45, 7) is 10.9.